The Balaban J connectivity index is 1.58. The zero-order valence-corrected chi connectivity index (χ0v) is 19.4. The SMILES string of the molecule is CC#CC(=O)N1CC[C@@H](n2c(=O)n(-c3ccc(Oc4ccccc4)cc3)c3c(N=NN)ncnc32)C1. The lowest BCUT2D eigenvalue weighted by molar-refractivity contribution is -0.124. The molecule has 1 saturated heterocycles. The fourth-order valence-corrected chi connectivity index (χ4v) is 4.34. The number of para-hydroxylation sites is 1. The molecule has 11 nitrogen and oxygen atoms in total. The maximum atomic E-state index is 13.8. The third-order valence-electron chi connectivity index (χ3n) is 5.91. The molecular weight excluding hydrogens is 460 g/mol. The second kappa shape index (κ2) is 9.71. The Hall–Kier alpha value is -4.98. The van der Waals surface area contributed by atoms with E-state index < -0.39 is 0 Å². The number of carbonyl (C=O) groups excluding carboxylic acids is 1. The summed E-state index contributed by atoms with van der Waals surface area (Å²) in [6, 6.07) is 16.2. The number of aromatic nitrogens is 4. The Morgan fingerprint density at radius 2 is 1.86 bits per heavy atom. The minimum atomic E-state index is -0.337. The number of nitrogens with zero attached hydrogens (tertiary/aromatic N) is 7. The molecule has 5 rings (SSSR count). The number of nitrogens with two attached hydrogens (primary N) is 1. The average molecular weight is 483 g/mol. The highest BCUT2D eigenvalue weighted by Gasteiger charge is 2.31. The van der Waals surface area contributed by atoms with Gasteiger partial charge >= 0.3 is 5.69 Å². The van der Waals surface area contributed by atoms with Crippen LogP contribution >= 0.6 is 0 Å². The summed E-state index contributed by atoms with van der Waals surface area (Å²) in [6.45, 7) is 2.45. The third kappa shape index (κ3) is 4.16. The lowest BCUT2D eigenvalue weighted by atomic mass is 10.2. The van der Waals surface area contributed by atoms with Gasteiger partial charge < -0.3 is 15.5 Å². The number of fused-ring (bicyclic) bond motifs is 1. The highest BCUT2D eigenvalue weighted by atomic mass is 16.5. The van der Waals surface area contributed by atoms with Gasteiger partial charge in [0.2, 0.25) is 5.82 Å². The van der Waals surface area contributed by atoms with Crippen molar-refractivity contribution < 1.29 is 9.53 Å². The van der Waals surface area contributed by atoms with E-state index in [1.807, 2.05) is 30.3 Å². The predicted molar refractivity (Wildman–Crippen MR) is 132 cm³/mol. The van der Waals surface area contributed by atoms with Crippen LogP contribution in [-0.2, 0) is 4.79 Å². The van der Waals surface area contributed by atoms with Gasteiger partial charge in [-0.2, -0.15) is 0 Å². The van der Waals surface area contributed by atoms with Crippen molar-refractivity contribution in [2.24, 2.45) is 16.2 Å². The molecule has 1 fully saturated rings. The van der Waals surface area contributed by atoms with Crippen LogP contribution in [0.2, 0.25) is 0 Å². The molecule has 0 radical (unpaired) electrons. The van der Waals surface area contributed by atoms with Crippen LogP contribution in [0.1, 0.15) is 19.4 Å². The fourth-order valence-electron chi connectivity index (χ4n) is 4.34. The zero-order valence-electron chi connectivity index (χ0n) is 19.4. The van der Waals surface area contributed by atoms with Crippen molar-refractivity contribution in [2.45, 2.75) is 19.4 Å². The maximum absolute atomic E-state index is 13.8. The van der Waals surface area contributed by atoms with Crippen LogP contribution in [0.4, 0.5) is 5.82 Å². The van der Waals surface area contributed by atoms with E-state index in [1.54, 1.807) is 40.7 Å². The number of ether oxygens (including phenoxy) is 1. The minimum Gasteiger partial charge on any atom is -0.457 e. The van der Waals surface area contributed by atoms with Gasteiger partial charge in [-0.05, 0) is 55.7 Å². The first kappa shape index (κ1) is 22.8. The van der Waals surface area contributed by atoms with Gasteiger partial charge in [0.05, 0.1) is 11.7 Å². The van der Waals surface area contributed by atoms with E-state index in [2.05, 4.69) is 32.1 Å². The van der Waals surface area contributed by atoms with E-state index in [1.165, 1.54) is 10.9 Å². The van der Waals surface area contributed by atoms with Crippen molar-refractivity contribution in [3.05, 3.63) is 71.4 Å². The largest absolute Gasteiger partial charge is 0.457 e. The van der Waals surface area contributed by atoms with E-state index in [0.717, 1.165) is 0 Å². The molecule has 3 heterocycles. The lowest BCUT2D eigenvalue weighted by Gasteiger charge is -2.14. The molecule has 0 unspecified atom stereocenters. The van der Waals surface area contributed by atoms with Crippen LogP contribution < -0.4 is 16.3 Å². The molecule has 4 aromatic rings. The van der Waals surface area contributed by atoms with Gasteiger partial charge in [-0.25, -0.2) is 14.8 Å². The Bertz CT molecular complexity index is 1560. The fraction of sp³-hybridized carbons (Fsp3) is 0.200. The topological polar surface area (TPSA) is 133 Å². The second-order valence-electron chi connectivity index (χ2n) is 8.05. The summed E-state index contributed by atoms with van der Waals surface area (Å²) in [5, 5.41) is 7.28. The van der Waals surface area contributed by atoms with Crippen molar-refractivity contribution in [1.29, 1.82) is 0 Å². The molecule has 0 bridgehead atoms. The van der Waals surface area contributed by atoms with Crippen LogP contribution in [0.3, 0.4) is 0 Å². The molecule has 0 saturated carbocycles. The van der Waals surface area contributed by atoms with Crippen molar-refractivity contribution >= 4 is 22.9 Å². The molecule has 0 aliphatic carbocycles. The van der Waals surface area contributed by atoms with Gasteiger partial charge in [-0.3, -0.25) is 13.9 Å². The first-order chi connectivity index (χ1) is 17.6. The van der Waals surface area contributed by atoms with E-state index in [4.69, 9.17) is 10.6 Å². The number of likely N-dealkylation sites (tertiary alicyclic amines) is 1. The lowest BCUT2D eigenvalue weighted by Crippen LogP contribution is -2.31. The van der Waals surface area contributed by atoms with Gasteiger partial charge in [-0.15, -0.1) is 5.11 Å². The van der Waals surface area contributed by atoms with Crippen LogP contribution in [0.15, 0.2) is 76.1 Å². The Morgan fingerprint density at radius 1 is 1.11 bits per heavy atom. The summed E-state index contributed by atoms with van der Waals surface area (Å²) in [4.78, 5) is 36.3. The molecule has 0 spiro atoms. The summed E-state index contributed by atoms with van der Waals surface area (Å²) in [6.07, 6.45) is 1.89. The Kier molecular flexibility index (Phi) is 6.15. The molecule has 36 heavy (non-hydrogen) atoms. The maximum Gasteiger partial charge on any atom is 0.335 e. The summed E-state index contributed by atoms with van der Waals surface area (Å²) >= 11 is 0. The van der Waals surface area contributed by atoms with Crippen LogP contribution in [0, 0.1) is 11.8 Å². The molecule has 11 heteroatoms. The average Bonchev–Trinajstić information content (AvgIpc) is 3.48. The van der Waals surface area contributed by atoms with Crippen molar-refractivity contribution in [1.82, 2.24) is 24.0 Å². The summed E-state index contributed by atoms with van der Waals surface area (Å²) in [5.41, 5.74) is 0.973. The van der Waals surface area contributed by atoms with Crippen LogP contribution in [-0.4, -0.2) is 43.0 Å². The molecule has 180 valence electrons. The highest BCUT2D eigenvalue weighted by molar-refractivity contribution is 5.93. The molecule has 1 aliphatic heterocycles. The number of rotatable bonds is 5. The first-order valence-corrected chi connectivity index (χ1v) is 11.2. The van der Waals surface area contributed by atoms with Crippen molar-refractivity contribution in [3.63, 3.8) is 0 Å². The number of amides is 1. The Morgan fingerprint density at radius 3 is 2.58 bits per heavy atom. The van der Waals surface area contributed by atoms with E-state index in [0.29, 0.717) is 47.9 Å². The number of benzene rings is 2. The second-order valence-corrected chi connectivity index (χ2v) is 8.05. The molecule has 1 atom stereocenters. The van der Waals surface area contributed by atoms with Gasteiger partial charge in [0, 0.05) is 13.1 Å². The number of hydrogen-bond acceptors (Lipinski definition) is 7. The molecule has 2 aromatic heterocycles. The summed E-state index contributed by atoms with van der Waals surface area (Å²) in [5.74, 6) is 11.7. The van der Waals surface area contributed by atoms with E-state index >= 15 is 0 Å². The van der Waals surface area contributed by atoms with Gasteiger partial charge in [0.25, 0.3) is 5.91 Å². The van der Waals surface area contributed by atoms with Crippen LogP contribution in [0.25, 0.3) is 16.9 Å². The van der Waals surface area contributed by atoms with Crippen LogP contribution in [0.5, 0.6) is 11.5 Å². The monoisotopic (exact) mass is 482 g/mol. The molecule has 2 aromatic carbocycles. The van der Waals surface area contributed by atoms with Gasteiger partial charge in [-0.1, -0.05) is 29.3 Å². The number of carbonyl (C=O) groups is 1. The van der Waals surface area contributed by atoms with Gasteiger partial charge in [0.1, 0.15) is 23.3 Å². The third-order valence-corrected chi connectivity index (χ3v) is 5.91. The standard InChI is InChI=1S/C25H22N8O3/c1-2-6-21(34)31-14-13-18(15-31)33-24-22(23(29-30-26)27-16-28-24)32(25(33)35)17-9-11-20(12-10-17)36-19-7-4-3-5-8-19/h3-5,7-12,16,18H,13-15H2,1H3,(H2,26,27,28,29)/t18-/m1/s1. The van der Waals surface area contributed by atoms with Crippen molar-refractivity contribution in [3.8, 4) is 29.0 Å². The van der Waals surface area contributed by atoms with E-state index in [-0.39, 0.29) is 23.5 Å². The quantitative estimate of drug-likeness (QED) is 0.201. The zero-order chi connectivity index (χ0) is 25.1. The van der Waals surface area contributed by atoms with E-state index in [9.17, 15) is 9.59 Å². The Labute approximate surface area is 205 Å². The molecular formula is C25H22N8O3. The molecule has 1 aliphatic rings. The van der Waals surface area contributed by atoms with Gasteiger partial charge in [0.15, 0.2) is 5.65 Å². The molecule has 1 amide bonds. The first-order valence-electron chi connectivity index (χ1n) is 11.2. The van der Waals surface area contributed by atoms with Crippen molar-refractivity contribution in [2.75, 3.05) is 13.1 Å². The highest BCUT2D eigenvalue weighted by Crippen LogP contribution is 2.30. The summed E-state index contributed by atoms with van der Waals surface area (Å²) < 4.78 is 8.93. The molecule has 2 N–H and O–H groups in total. The minimum absolute atomic E-state index is 0.158. The normalized spacial score (nSPS) is 15.2. The smallest absolute Gasteiger partial charge is 0.335 e. The predicted octanol–water partition coefficient (Wildman–Crippen LogP) is 3.13. The number of hydrogen-bond donors (Lipinski definition) is 1. The number of imidazole rings is 1. The summed E-state index contributed by atoms with van der Waals surface area (Å²) in [7, 11) is 0.